The Labute approximate surface area is 180 Å². The molecule has 7 heteroatoms. The lowest BCUT2D eigenvalue weighted by Crippen LogP contribution is -2.19. The van der Waals surface area contributed by atoms with Gasteiger partial charge in [0.1, 0.15) is 11.5 Å². The lowest BCUT2D eigenvalue weighted by atomic mass is 10.2. The molecule has 0 atom stereocenters. The van der Waals surface area contributed by atoms with Crippen LogP contribution in [-0.4, -0.2) is 37.4 Å². The largest absolute Gasteiger partial charge is 0.494 e. The number of thiazole rings is 1. The van der Waals surface area contributed by atoms with Crippen LogP contribution in [0.5, 0.6) is 11.5 Å². The van der Waals surface area contributed by atoms with Gasteiger partial charge in [-0.25, -0.2) is 0 Å². The average molecular weight is 429 g/mol. The fourth-order valence-electron chi connectivity index (χ4n) is 2.97. The minimum absolute atomic E-state index is 0.280. The number of ether oxygens (including phenoxy) is 3. The molecule has 0 saturated heterocycles. The SMILES string of the molecule is CCCCOc1ccc(C(=O)N=c2sc3cc(OCC)ccc3n2CCOC)cc1. The molecule has 0 aliphatic carbocycles. The summed E-state index contributed by atoms with van der Waals surface area (Å²) in [5, 5.41) is 0. The van der Waals surface area contributed by atoms with Crippen molar-refractivity contribution in [3.05, 3.63) is 52.8 Å². The standard InChI is InChI=1S/C23H28N2O4S/c1-4-6-14-29-18-9-7-17(8-10-18)22(26)24-23-25(13-15-27-3)20-12-11-19(28-5-2)16-21(20)30-23/h7-12,16H,4-6,13-15H2,1-3H3. The Kier molecular flexibility index (Phi) is 8.04. The molecular formula is C23H28N2O4S. The summed E-state index contributed by atoms with van der Waals surface area (Å²) in [5.74, 6) is 1.29. The van der Waals surface area contributed by atoms with Crippen molar-refractivity contribution in [3.8, 4) is 11.5 Å². The van der Waals surface area contributed by atoms with E-state index in [2.05, 4.69) is 11.9 Å². The van der Waals surface area contributed by atoms with E-state index in [0.29, 0.717) is 36.7 Å². The second-order valence-corrected chi connectivity index (χ2v) is 7.74. The molecule has 6 nitrogen and oxygen atoms in total. The normalized spacial score (nSPS) is 11.8. The Balaban J connectivity index is 1.90. The lowest BCUT2D eigenvalue weighted by Gasteiger charge is -2.06. The fraction of sp³-hybridized carbons (Fsp3) is 0.391. The number of hydrogen-bond donors (Lipinski definition) is 0. The van der Waals surface area contributed by atoms with Gasteiger partial charge in [0, 0.05) is 19.2 Å². The van der Waals surface area contributed by atoms with Crippen molar-refractivity contribution in [2.24, 2.45) is 4.99 Å². The molecule has 0 aliphatic rings. The lowest BCUT2D eigenvalue weighted by molar-refractivity contribution is 0.0997. The first kappa shape index (κ1) is 22.1. The number of methoxy groups -OCH3 is 1. The molecule has 160 valence electrons. The van der Waals surface area contributed by atoms with Gasteiger partial charge in [-0.15, -0.1) is 0 Å². The number of aromatic nitrogens is 1. The number of fused-ring (bicyclic) bond motifs is 1. The number of nitrogens with zero attached hydrogens (tertiary/aromatic N) is 2. The van der Waals surface area contributed by atoms with Gasteiger partial charge in [0.05, 0.1) is 30.0 Å². The highest BCUT2D eigenvalue weighted by atomic mass is 32.1. The molecule has 30 heavy (non-hydrogen) atoms. The number of hydrogen-bond acceptors (Lipinski definition) is 5. The Morgan fingerprint density at radius 3 is 2.50 bits per heavy atom. The molecule has 0 spiro atoms. The third-order valence-corrected chi connectivity index (χ3v) is 5.59. The molecule has 0 aliphatic heterocycles. The van der Waals surface area contributed by atoms with Crippen molar-refractivity contribution in [1.82, 2.24) is 4.57 Å². The first-order valence-corrected chi connectivity index (χ1v) is 11.0. The molecule has 0 radical (unpaired) electrons. The summed E-state index contributed by atoms with van der Waals surface area (Å²) >= 11 is 1.47. The minimum Gasteiger partial charge on any atom is -0.494 e. The van der Waals surface area contributed by atoms with Crippen molar-refractivity contribution >= 4 is 27.5 Å². The van der Waals surface area contributed by atoms with E-state index in [0.717, 1.165) is 34.6 Å². The maximum absolute atomic E-state index is 12.8. The minimum atomic E-state index is -0.280. The second-order valence-electron chi connectivity index (χ2n) is 6.73. The molecular weight excluding hydrogens is 400 g/mol. The zero-order valence-corrected chi connectivity index (χ0v) is 18.5. The zero-order valence-electron chi connectivity index (χ0n) is 17.7. The van der Waals surface area contributed by atoms with E-state index < -0.39 is 0 Å². The van der Waals surface area contributed by atoms with Gasteiger partial charge in [-0.05, 0) is 55.8 Å². The Hall–Kier alpha value is -2.64. The van der Waals surface area contributed by atoms with Crippen LogP contribution in [0.4, 0.5) is 0 Å². The second kappa shape index (κ2) is 10.9. The monoisotopic (exact) mass is 428 g/mol. The number of rotatable bonds is 10. The molecule has 2 aromatic carbocycles. The predicted octanol–water partition coefficient (Wildman–Crippen LogP) is 4.67. The van der Waals surface area contributed by atoms with E-state index in [1.54, 1.807) is 19.2 Å². The molecule has 0 fully saturated rings. The molecule has 3 rings (SSSR count). The van der Waals surface area contributed by atoms with Gasteiger partial charge >= 0.3 is 0 Å². The summed E-state index contributed by atoms with van der Waals surface area (Å²) in [6.07, 6.45) is 2.09. The Morgan fingerprint density at radius 1 is 1.03 bits per heavy atom. The fourth-order valence-corrected chi connectivity index (χ4v) is 4.06. The summed E-state index contributed by atoms with van der Waals surface area (Å²) in [5.41, 5.74) is 1.54. The third-order valence-electron chi connectivity index (χ3n) is 4.55. The molecule has 0 bridgehead atoms. The van der Waals surface area contributed by atoms with Crippen LogP contribution in [0.3, 0.4) is 0 Å². The Morgan fingerprint density at radius 2 is 1.80 bits per heavy atom. The molecule has 0 N–H and O–H groups in total. The van der Waals surface area contributed by atoms with Crippen molar-refractivity contribution < 1.29 is 19.0 Å². The van der Waals surface area contributed by atoms with Crippen LogP contribution in [0.1, 0.15) is 37.0 Å². The van der Waals surface area contributed by atoms with Crippen LogP contribution in [0.25, 0.3) is 10.2 Å². The van der Waals surface area contributed by atoms with Crippen LogP contribution >= 0.6 is 11.3 Å². The van der Waals surface area contributed by atoms with Crippen LogP contribution < -0.4 is 14.3 Å². The van der Waals surface area contributed by atoms with E-state index in [-0.39, 0.29) is 5.91 Å². The van der Waals surface area contributed by atoms with Crippen molar-refractivity contribution in [1.29, 1.82) is 0 Å². The van der Waals surface area contributed by atoms with Crippen molar-refractivity contribution in [2.45, 2.75) is 33.2 Å². The molecule has 1 heterocycles. The molecule has 0 unspecified atom stereocenters. The number of benzene rings is 2. The smallest absolute Gasteiger partial charge is 0.279 e. The molecule has 3 aromatic rings. The maximum Gasteiger partial charge on any atom is 0.279 e. The molecule has 0 saturated carbocycles. The number of amides is 1. The van der Waals surface area contributed by atoms with E-state index in [9.17, 15) is 4.79 Å². The van der Waals surface area contributed by atoms with Crippen LogP contribution in [0.15, 0.2) is 47.5 Å². The van der Waals surface area contributed by atoms with E-state index in [1.807, 2.05) is 41.8 Å². The van der Waals surface area contributed by atoms with Crippen molar-refractivity contribution in [2.75, 3.05) is 26.9 Å². The van der Waals surface area contributed by atoms with Gasteiger partial charge in [0.15, 0.2) is 4.80 Å². The van der Waals surface area contributed by atoms with Crippen LogP contribution in [0, 0.1) is 0 Å². The summed E-state index contributed by atoms with van der Waals surface area (Å²) < 4.78 is 19.5. The topological polar surface area (TPSA) is 62.0 Å². The van der Waals surface area contributed by atoms with Gasteiger partial charge in [0.2, 0.25) is 0 Å². The van der Waals surface area contributed by atoms with Gasteiger partial charge in [-0.3, -0.25) is 4.79 Å². The summed E-state index contributed by atoms with van der Waals surface area (Å²) in [4.78, 5) is 17.8. The van der Waals surface area contributed by atoms with E-state index in [4.69, 9.17) is 14.2 Å². The van der Waals surface area contributed by atoms with Crippen LogP contribution in [0.2, 0.25) is 0 Å². The Bertz CT molecular complexity index is 1040. The quantitative estimate of drug-likeness (QED) is 0.440. The highest BCUT2D eigenvalue weighted by Gasteiger charge is 2.11. The summed E-state index contributed by atoms with van der Waals surface area (Å²) in [7, 11) is 1.66. The zero-order chi connectivity index (χ0) is 21.3. The van der Waals surface area contributed by atoms with E-state index in [1.165, 1.54) is 11.3 Å². The third kappa shape index (κ3) is 5.49. The number of carbonyl (C=O) groups is 1. The summed E-state index contributed by atoms with van der Waals surface area (Å²) in [6.45, 7) is 6.51. The van der Waals surface area contributed by atoms with Gasteiger partial charge in [0.25, 0.3) is 5.91 Å². The first-order chi connectivity index (χ1) is 14.7. The molecule has 1 aromatic heterocycles. The highest BCUT2D eigenvalue weighted by Crippen LogP contribution is 2.23. The van der Waals surface area contributed by atoms with Crippen LogP contribution in [-0.2, 0) is 11.3 Å². The molecule has 1 amide bonds. The van der Waals surface area contributed by atoms with Crippen molar-refractivity contribution in [3.63, 3.8) is 0 Å². The number of carbonyl (C=O) groups excluding carboxylic acids is 1. The maximum atomic E-state index is 12.8. The number of unbranched alkanes of at least 4 members (excludes halogenated alkanes) is 1. The van der Waals surface area contributed by atoms with Gasteiger partial charge in [-0.2, -0.15) is 4.99 Å². The average Bonchev–Trinajstić information content (AvgIpc) is 3.09. The van der Waals surface area contributed by atoms with Gasteiger partial charge < -0.3 is 18.8 Å². The highest BCUT2D eigenvalue weighted by molar-refractivity contribution is 7.16. The predicted molar refractivity (Wildman–Crippen MR) is 120 cm³/mol. The first-order valence-electron chi connectivity index (χ1n) is 10.2. The van der Waals surface area contributed by atoms with E-state index >= 15 is 0 Å². The van der Waals surface area contributed by atoms with Gasteiger partial charge in [-0.1, -0.05) is 24.7 Å². The summed E-state index contributed by atoms with van der Waals surface area (Å²) in [6, 6.07) is 13.1.